The summed E-state index contributed by atoms with van der Waals surface area (Å²) in [5.74, 6) is -0.895. The van der Waals surface area contributed by atoms with Crippen LogP contribution in [0.5, 0.6) is 0 Å². The third-order valence-corrected chi connectivity index (χ3v) is 3.58. The van der Waals surface area contributed by atoms with Crippen molar-refractivity contribution in [1.29, 1.82) is 0 Å². The van der Waals surface area contributed by atoms with E-state index in [1.54, 1.807) is 0 Å². The van der Waals surface area contributed by atoms with E-state index >= 15 is 0 Å². The molecule has 0 aromatic carbocycles. The van der Waals surface area contributed by atoms with Crippen LogP contribution in [0.25, 0.3) is 0 Å². The van der Waals surface area contributed by atoms with Crippen molar-refractivity contribution in [3.05, 3.63) is 0 Å². The number of nitrogens with zero attached hydrogens (tertiary/aromatic N) is 1. The average Bonchev–Trinajstić information content (AvgIpc) is 2.75. The van der Waals surface area contributed by atoms with Gasteiger partial charge < -0.3 is 10.6 Å². The highest BCUT2D eigenvalue weighted by molar-refractivity contribution is 6.01. The Labute approximate surface area is 110 Å². The third kappa shape index (κ3) is 3.28. The molecule has 19 heavy (non-hydrogen) atoms. The topological polar surface area (TPSA) is 78.5 Å². The van der Waals surface area contributed by atoms with Gasteiger partial charge in [-0.05, 0) is 12.8 Å². The Hall–Kier alpha value is -1.50. The number of imide groups is 1. The molecule has 2 aliphatic heterocycles. The van der Waals surface area contributed by atoms with Crippen LogP contribution in [0.15, 0.2) is 0 Å². The molecule has 0 bridgehead atoms. The van der Waals surface area contributed by atoms with Crippen molar-refractivity contribution in [2.24, 2.45) is 0 Å². The Morgan fingerprint density at radius 2 is 2.26 bits per heavy atom. The van der Waals surface area contributed by atoms with Gasteiger partial charge in [0.1, 0.15) is 12.2 Å². The molecular weight excluding hydrogens is 253 g/mol. The van der Waals surface area contributed by atoms with E-state index in [9.17, 15) is 18.8 Å². The van der Waals surface area contributed by atoms with Crippen molar-refractivity contribution in [3.63, 3.8) is 0 Å². The molecule has 106 valence electrons. The van der Waals surface area contributed by atoms with E-state index in [4.69, 9.17) is 0 Å². The van der Waals surface area contributed by atoms with Gasteiger partial charge in [0.25, 0.3) is 5.91 Å². The Morgan fingerprint density at radius 1 is 1.53 bits per heavy atom. The lowest BCUT2D eigenvalue weighted by Gasteiger charge is -2.28. The van der Waals surface area contributed by atoms with Gasteiger partial charge in [-0.3, -0.25) is 19.3 Å². The fourth-order valence-electron chi connectivity index (χ4n) is 2.45. The van der Waals surface area contributed by atoms with Crippen LogP contribution in [0.4, 0.5) is 4.39 Å². The van der Waals surface area contributed by atoms with E-state index < -0.39 is 12.2 Å². The Bertz CT molecular complexity index is 402. The van der Waals surface area contributed by atoms with Crippen molar-refractivity contribution in [2.45, 2.75) is 43.9 Å². The number of halogens is 1. The van der Waals surface area contributed by atoms with Crippen LogP contribution in [0.2, 0.25) is 0 Å². The number of carbonyl (C=O) groups excluding carboxylic acids is 3. The zero-order valence-corrected chi connectivity index (χ0v) is 10.8. The summed E-state index contributed by atoms with van der Waals surface area (Å²) < 4.78 is 12.9. The van der Waals surface area contributed by atoms with E-state index in [0.717, 1.165) is 4.90 Å². The first kappa shape index (κ1) is 13.9. The first-order chi connectivity index (χ1) is 8.97. The number of hydrogen-bond acceptors (Lipinski definition) is 4. The molecule has 2 heterocycles. The molecule has 0 aromatic heterocycles. The lowest BCUT2D eigenvalue weighted by atomic mass is 10.0. The Balaban J connectivity index is 1.82. The lowest BCUT2D eigenvalue weighted by Crippen LogP contribution is -2.53. The number of amides is 3. The molecule has 0 radical (unpaired) electrons. The maximum Gasteiger partial charge on any atom is 0.251 e. The molecule has 2 aliphatic rings. The number of likely N-dealkylation sites (tertiary alicyclic amines) is 1. The highest BCUT2D eigenvalue weighted by atomic mass is 19.1. The number of carbonyl (C=O) groups is 3. The van der Waals surface area contributed by atoms with E-state index in [0.29, 0.717) is 12.8 Å². The van der Waals surface area contributed by atoms with Crippen LogP contribution in [-0.4, -0.2) is 54.5 Å². The maximum absolute atomic E-state index is 12.9. The van der Waals surface area contributed by atoms with Crippen molar-refractivity contribution in [3.8, 4) is 0 Å². The molecule has 2 saturated heterocycles. The van der Waals surface area contributed by atoms with Gasteiger partial charge in [0, 0.05) is 32.5 Å². The summed E-state index contributed by atoms with van der Waals surface area (Å²) in [4.78, 5) is 35.9. The second-order valence-corrected chi connectivity index (χ2v) is 5.09. The number of piperidine rings is 1. The first-order valence-corrected chi connectivity index (χ1v) is 6.44. The summed E-state index contributed by atoms with van der Waals surface area (Å²) in [6.45, 7) is 0.275. The summed E-state index contributed by atoms with van der Waals surface area (Å²) in [5.41, 5.74) is 0. The van der Waals surface area contributed by atoms with Gasteiger partial charge in [-0.15, -0.1) is 0 Å². The molecule has 2 N–H and O–H groups in total. The fourth-order valence-corrected chi connectivity index (χ4v) is 2.45. The number of hydrogen-bond donors (Lipinski definition) is 2. The maximum atomic E-state index is 12.9. The number of likely N-dealkylation sites (N-methyl/N-ethyl adjacent to an activating group) is 1. The molecule has 2 fully saturated rings. The monoisotopic (exact) mass is 271 g/mol. The highest BCUT2D eigenvalue weighted by Crippen LogP contribution is 2.14. The smallest absolute Gasteiger partial charge is 0.251 e. The minimum atomic E-state index is -0.905. The predicted molar refractivity (Wildman–Crippen MR) is 64.9 cm³/mol. The average molecular weight is 271 g/mol. The van der Waals surface area contributed by atoms with E-state index in [1.165, 1.54) is 7.05 Å². The molecule has 0 aromatic rings. The van der Waals surface area contributed by atoms with Crippen LogP contribution in [0.3, 0.4) is 0 Å². The van der Waals surface area contributed by atoms with Gasteiger partial charge >= 0.3 is 0 Å². The number of nitrogens with one attached hydrogen (secondary N) is 2. The molecule has 2 rings (SSSR count). The van der Waals surface area contributed by atoms with E-state index in [-0.39, 0.29) is 43.1 Å². The summed E-state index contributed by atoms with van der Waals surface area (Å²) in [7, 11) is 1.41. The predicted octanol–water partition coefficient (Wildman–Crippen LogP) is -0.660. The van der Waals surface area contributed by atoms with Gasteiger partial charge in [-0.25, -0.2) is 4.39 Å². The van der Waals surface area contributed by atoms with Gasteiger partial charge in [0.05, 0.1) is 0 Å². The van der Waals surface area contributed by atoms with Crippen LogP contribution in [0, 0.1) is 0 Å². The second kappa shape index (κ2) is 5.64. The standard InChI is InChI=1S/C12H18FN3O3/c1-16-11(18)3-2-9(12(16)19)15-10(17)5-8-4-7(13)6-14-8/h7-9,14H,2-6H2,1H3,(H,15,17)/t7-,8-,9?/m0/s1. The minimum Gasteiger partial charge on any atom is -0.344 e. The molecule has 0 aliphatic carbocycles. The molecule has 0 saturated carbocycles. The van der Waals surface area contributed by atoms with Gasteiger partial charge in [0.15, 0.2) is 0 Å². The molecule has 3 atom stereocenters. The molecule has 0 spiro atoms. The first-order valence-electron chi connectivity index (χ1n) is 6.44. The van der Waals surface area contributed by atoms with Crippen LogP contribution < -0.4 is 10.6 Å². The van der Waals surface area contributed by atoms with Gasteiger partial charge in [-0.2, -0.15) is 0 Å². The minimum absolute atomic E-state index is 0.155. The quantitative estimate of drug-likeness (QED) is 0.668. The number of rotatable bonds is 3. The Morgan fingerprint density at radius 3 is 2.89 bits per heavy atom. The highest BCUT2D eigenvalue weighted by Gasteiger charge is 2.33. The van der Waals surface area contributed by atoms with Crippen molar-refractivity contribution in [1.82, 2.24) is 15.5 Å². The summed E-state index contributed by atoms with van der Waals surface area (Å²) >= 11 is 0. The summed E-state index contributed by atoms with van der Waals surface area (Å²) in [6, 6.07) is -0.814. The van der Waals surface area contributed by atoms with Crippen molar-refractivity contribution < 1.29 is 18.8 Å². The van der Waals surface area contributed by atoms with Crippen LogP contribution >= 0.6 is 0 Å². The molecule has 6 nitrogen and oxygen atoms in total. The molecule has 1 unspecified atom stereocenters. The summed E-state index contributed by atoms with van der Waals surface area (Å²) in [6.07, 6.45) is 0.156. The van der Waals surface area contributed by atoms with Gasteiger partial charge in [-0.1, -0.05) is 0 Å². The second-order valence-electron chi connectivity index (χ2n) is 5.09. The SMILES string of the molecule is CN1C(=O)CCC(NC(=O)C[C@@H]2C[C@H](F)CN2)C1=O. The fraction of sp³-hybridized carbons (Fsp3) is 0.750. The lowest BCUT2D eigenvalue weighted by molar-refractivity contribution is -0.149. The Kier molecular flexibility index (Phi) is 4.14. The molecule has 7 heteroatoms. The van der Waals surface area contributed by atoms with Crippen LogP contribution in [-0.2, 0) is 14.4 Å². The summed E-state index contributed by atoms with van der Waals surface area (Å²) in [5, 5.41) is 5.53. The normalized spacial score (nSPS) is 31.7. The number of alkyl halides is 1. The van der Waals surface area contributed by atoms with Crippen molar-refractivity contribution in [2.75, 3.05) is 13.6 Å². The third-order valence-electron chi connectivity index (χ3n) is 3.58. The molecule has 3 amide bonds. The zero-order valence-electron chi connectivity index (χ0n) is 10.8. The van der Waals surface area contributed by atoms with Crippen LogP contribution in [0.1, 0.15) is 25.7 Å². The zero-order chi connectivity index (χ0) is 14.0. The van der Waals surface area contributed by atoms with Crippen molar-refractivity contribution >= 4 is 17.7 Å². The van der Waals surface area contributed by atoms with E-state index in [1.807, 2.05) is 0 Å². The van der Waals surface area contributed by atoms with Gasteiger partial charge in [0.2, 0.25) is 11.8 Å². The molecular formula is C12H18FN3O3. The largest absolute Gasteiger partial charge is 0.344 e. The van der Waals surface area contributed by atoms with E-state index in [2.05, 4.69) is 10.6 Å².